The highest BCUT2D eigenvalue weighted by atomic mass is 35.5. The standard InChI is InChI=1S/C11H14ClN3O2/c12-9-4-3-8(11(16)17)10(14-9)15-5-1-2-7(13)6-15/h3-4,7H,1-2,5-6,13H2,(H,16,17). The van der Waals surface area contributed by atoms with Crippen molar-refractivity contribution in [1.29, 1.82) is 0 Å². The molecule has 0 bridgehead atoms. The maximum atomic E-state index is 11.1. The monoisotopic (exact) mass is 255 g/mol. The largest absolute Gasteiger partial charge is 0.478 e. The van der Waals surface area contributed by atoms with Gasteiger partial charge in [-0.3, -0.25) is 0 Å². The number of anilines is 1. The lowest BCUT2D eigenvalue weighted by Gasteiger charge is -2.32. The number of hydrogen-bond donors (Lipinski definition) is 2. The van der Waals surface area contributed by atoms with Crippen molar-refractivity contribution >= 4 is 23.4 Å². The van der Waals surface area contributed by atoms with Crippen LogP contribution in [0.3, 0.4) is 0 Å². The minimum absolute atomic E-state index is 0.0613. The summed E-state index contributed by atoms with van der Waals surface area (Å²) in [6.07, 6.45) is 1.90. The highest BCUT2D eigenvalue weighted by Gasteiger charge is 2.23. The number of pyridine rings is 1. The van der Waals surface area contributed by atoms with Gasteiger partial charge in [-0.05, 0) is 25.0 Å². The number of nitrogens with two attached hydrogens (primary N) is 1. The molecule has 1 unspecified atom stereocenters. The number of nitrogens with zero attached hydrogens (tertiary/aromatic N) is 2. The molecular weight excluding hydrogens is 242 g/mol. The van der Waals surface area contributed by atoms with E-state index in [1.54, 1.807) is 0 Å². The van der Waals surface area contributed by atoms with Gasteiger partial charge in [0.15, 0.2) is 0 Å². The zero-order valence-electron chi connectivity index (χ0n) is 9.27. The minimum Gasteiger partial charge on any atom is -0.478 e. The number of aromatic carboxylic acids is 1. The maximum Gasteiger partial charge on any atom is 0.339 e. The molecule has 3 N–H and O–H groups in total. The van der Waals surface area contributed by atoms with Crippen molar-refractivity contribution in [3.63, 3.8) is 0 Å². The number of hydrogen-bond acceptors (Lipinski definition) is 4. The lowest BCUT2D eigenvalue weighted by atomic mass is 10.1. The van der Waals surface area contributed by atoms with Gasteiger partial charge < -0.3 is 15.7 Å². The SMILES string of the molecule is NC1CCCN(c2nc(Cl)ccc2C(=O)O)C1. The third-order valence-electron chi connectivity index (χ3n) is 2.83. The van der Waals surface area contributed by atoms with Gasteiger partial charge in [0.2, 0.25) is 0 Å². The van der Waals surface area contributed by atoms with E-state index >= 15 is 0 Å². The Kier molecular flexibility index (Phi) is 3.49. The summed E-state index contributed by atoms with van der Waals surface area (Å²) >= 11 is 5.82. The summed E-state index contributed by atoms with van der Waals surface area (Å²) in [5, 5.41) is 9.41. The first-order chi connectivity index (χ1) is 8.08. The summed E-state index contributed by atoms with van der Waals surface area (Å²) in [4.78, 5) is 17.1. The molecule has 1 saturated heterocycles. The predicted molar refractivity (Wildman–Crippen MR) is 65.6 cm³/mol. The third kappa shape index (κ3) is 2.68. The van der Waals surface area contributed by atoms with E-state index in [4.69, 9.17) is 22.4 Å². The van der Waals surface area contributed by atoms with E-state index in [-0.39, 0.29) is 11.6 Å². The smallest absolute Gasteiger partial charge is 0.339 e. The molecule has 0 radical (unpaired) electrons. The van der Waals surface area contributed by atoms with Gasteiger partial charge in [-0.2, -0.15) is 0 Å². The maximum absolute atomic E-state index is 11.1. The fourth-order valence-electron chi connectivity index (χ4n) is 2.04. The van der Waals surface area contributed by atoms with Crippen LogP contribution in [0.4, 0.5) is 5.82 Å². The van der Waals surface area contributed by atoms with Crippen LogP contribution in [0.15, 0.2) is 12.1 Å². The van der Waals surface area contributed by atoms with Gasteiger partial charge in [-0.1, -0.05) is 11.6 Å². The van der Waals surface area contributed by atoms with Crippen molar-refractivity contribution in [2.24, 2.45) is 5.73 Å². The zero-order valence-corrected chi connectivity index (χ0v) is 10.0. The van der Waals surface area contributed by atoms with Gasteiger partial charge in [0.1, 0.15) is 16.5 Å². The Morgan fingerprint density at radius 2 is 2.35 bits per heavy atom. The summed E-state index contributed by atoms with van der Waals surface area (Å²) in [5.41, 5.74) is 6.05. The van der Waals surface area contributed by atoms with Gasteiger partial charge in [0, 0.05) is 19.1 Å². The van der Waals surface area contributed by atoms with Gasteiger partial charge in [-0.25, -0.2) is 9.78 Å². The first kappa shape index (κ1) is 12.1. The molecule has 1 aromatic rings. The Bertz CT molecular complexity index is 439. The molecule has 1 aromatic heterocycles. The van der Waals surface area contributed by atoms with Crippen molar-refractivity contribution in [2.45, 2.75) is 18.9 Å². The Morgan fingerprint density at radius 1 is 1.59 bits per heavy atom. The molecule has 17 heavy (non-hydrogen) atoms. The molecule has 1 aliphatic rings. The molecule has 0 amide bonds. The normalized spacial score (nSPS) is 20.4. The summed E-state index contributed by atoms with van der Waals surface area (Å²) in [7, 11) is 0. The number of carboxylic acid groups (broad SMARTS) is 1. The molecule has 2 heterocycles. The van der Waals surface area contributed by atoms with Crippen molar-refractivity contribution < 1.29 is 9.90 Å². The van der Waals surface area contributed by atoms with Crippen molar-refractivity contribution in [1.82, 2.24) is 4.98 Å². The summed E-state index contributed by atoms with van der Waals surface area (Å²) in [6, 6.07) is 3.03. The summed E-state index contributed by atoms with van der Waals surface area (Å²) < 4.78 is 0. The van der Waals surface area contributed by atoms with Crippen molar-refractivity contribution in [3.05, 3.63) is 22.8 Å². The quantitative estimate of drug-likeness (QED) is 0.780. The number of carboxylic acids is 1. The predicted octanol–water partition coefficient (Wildman–Crippen LogP) is 1.36. The van der Waals surface area contributed by atoms with Crippen molar-refractivity contribution in [3.8, 4) is 0 Å². The Morgan fingerprint density at radius 3 is 3.00 bits per heavy atom. The number of carbonyl (C=O) groups is 1. The molecule has 92 valence electrons. The first-order valence-corrected chi connectivity index (χ1v) is 5.86. The average molecular weight is 256 g/mol. The van der Waals surface area contributed by atoms with Crippen molar-refractivity contribution in [2.75, 3.05) is 18.0 Å². The first-order valence-electron chi connectivity index (χ1n) is 5.48. The summed E-state index contributed by atoms with van der Waals surface area (Å²) in [6.45, 7) is 1.38. The van der Waals surface area contributed by atoms with Crippen LogP contribution in [0.25, 0.3) is 0 Å². The minimum atomic E-state index is -0.997. The number of halogens is 1. The van der Waals surface area contributed by atoms with Gasteiger partial charge >= 0.3 is 5.97 Å². The lowest BCUT2D eigenvalue weighted by Crippen LogP contribution is -2.43. The fourth-order valence-corrected chi connectivity index (χ4v) is 2.18. The van der Waals surface area contributed by atoms with E-state index in [0.29, 0.717) is 17.5 Å². The zero-order chi connectivity index (χ0) is 12.4. The van der Waals surface area contributed by atoms with Gasteiger partial charge in [0.25, 0.3) is 0 Å². The van der Waals surface area contributed by atoms with Gasteiger partial charge in [-0.15, -0.1) is 0 Å². The Balaban J connectivity index is 2.35. The highest BCUT2D eigenvalue weighted by molar-refractivity contribution is 6.29. The van der Waals surface area contributed by atoms with E-state index < -0.39 is 5.97 Å². The van der Waals surface area contributed by atoms with Crippen LogP contribution in [-0.4, -0.2) is 35.2 Å². The van der Waals surface area contributed by atoms with E-state index in [9.17, 15) is 4.79 Å². The second-order valence-electron chi connectivity index (χ2n) is 4.16. The molecule has 2 rings (SSSR count). The van der Waals surface area contributed by atoms with Gasteiger partial charge in [0.05, 0.1) is 0 Å². The molecule has 1 fully saturated rings. The Hall–Kier alpha value is -1.33. The molecule has 0 spiro atoms. The molecule has 5 nitrogen and oxygen atoms in total. The van der Waals surface area contributed by atoms with Crippen LogP contribution in [0.5, 0.6) is 0 Å². The molecular formula is C11H14ClN3O2. The van der Waals surface area contributed by atoms with Crippen LogP contribution in [-0.2, 0) is 0 Å². The molecule has 0 saturated carbocycles. The molecule has 0 aliphatic carbocycles. The lowest BCUT2D eigenvalue weighted by molar-refractivity contribution is 0.0697. The molecule has 1 atom stereocenters. The van der Waals surface area contributed by atoms with Crippen LogP contribution < -0.4 is 10.6 Å². The van der Waals surface area contributed by atoms with E-state index in [2.05, 4.69) is 4.98 Å². The van der Waals surface area contributed by atoms with E-state index in [1.165, 1.54) is 12.1 Å². The summed E-state index contributed by atoms with van der Waals surface area (Å²) in [5.74, 6) is -0.580. The molecule has 6 heteroatoms. The van der Waals surface area contributed by atoms with Crippen LogP contribution in [0.2, 0.25) is 5.15 Å². The Labute approximate surface area is 104 Å². The number of rotatable bonds is 2. The molecule has 1 aliphatic heterocycles. The van der Waals surface area contributed by atoms with Crippen LogP contribution in [0, 0.1) is 0 Å². The third-order valence-corrected chi connectivity index (χ3v) is 3.04. The number of piperidine rings is 1. The number of aromatic nitrogens is 1. The second kappa shape index (κ2) is 4.89. The van der Waals surface area contributed by atoms with Crippen LogP contribution >= 0.6 is 11.6 Å². The highest BCUT2D eigenvalue weighted by Crippen LogP contribution is 2.23. The van der Waals surface area contributed by atoms with E-state index in [0.717, 1.165) is 19.4 Å². The second-order valence-corrected chi connectivity index (χ2v) is 4.55. The fraction of sp³-hybridized carbons (Fsp3) is 0.455. The van der Waals surface area contributed by atoms with Crippen LogP contribution in [0.1, 0.15) is 23.2 Å². The average Bonchev–Trinajstić information content (AvgIpc) is 2.28. The van der Waals surface area contributed by atoms with E-state index in [1.807, 2.05) is 4.90 Å². The molecule has 0 aromatic carbocycles. The topological polar surface area (TPSA) is 79.5 Å².